The third-order valence-corrected chi connectivity index (χ3v) is 3.10. The molecule has 0 aliphatic carbocycles. The third-order valence-electron chi connectivity index (χ3n) is 3.10. The number of benzene rings is 1. The molecule has 1 aromatic rings. The van der Waals surface area contributed by atoms with Crippen LogP contribution < -0.4 is 0 Å². The fraction of sp³-hybridized carbons (Fsp3) is 0.500. The van der Waals surface area contributed by atoms with Crippen molar-refractivity contribution in [2.75, 3.05) is 13.2 Å². The molecule has 2 rings (SSSR count). The normalized spacial score (nSPS) is 19.3. The zero-order valence-electron chi connectivity index (χ0n) is 9.13. The van der Waals surface area contributed by atoms with E-state index in [4.69, 9.17) is 4.74 Å². The van der Waals surface area contributed by atoms with Crippen molar-refractivity contribution in [2.24, 2.45) is 5.92 Å². The molecule has 0 radical (unpaired) electrons. The Morgan fingerprint density at radius 3 is 2.41 bits per heavy atom. The number of hydrogen-bond donors (Lipinski definition) is 1. The molecule has 2 nitrogen and oxygen atoms in total. The van der Waals surface area contributed by atoms with Crippen molar-refractivity contribution in [1.29, 1.82) is 0 Å². The first-order valence-corrected chi connectivity index (χ1v) is 5.50. The van der Waals surface area contributed by atoms with E-state index in [1.54, 1.807) is 0 Å². The van der Waals surface area contributed by atoms with Gasteiger partial charge in [-0.3, -0.25) is 0 Å². The zero-order valence-corrected chi connectivity index (χ0v) is 9.13. The van der Waals surface area contributed by atoms with Crippen LogP contribution in [0.4, 0.5) is 13.2 Å². The lowest BCUT2D eigenvalue weighted by atomic mass is 9.89. The van der Waals surface area contributed by atoms with Crippen molar-refractivity contribution in [1.82, 2.24) is 0 Å². The number of halogens is 3. The van der Waals surface area contributed by atoms with Crippen LogP contribution in [-0.4, -0.2) is 18.3 Å². The molecule has 1 fully saturated rings. The summed E-state index contributed by atoms with van der Waals surface area (Å²) < 4.78 is 44.4. The molecule has 94 valence electrons. The minimum absolute atomic E-state index is 0.178. The quantitative estimate of drug-likeness (QED) is 0.813. The first kappa shape index (κ1) is 12.4. The second kappa shape index (κ2) is 5.06. The van der Waals surface area contributed by atoms with E-state index in [0.717, 1.165) is 12.1 Å². The van der Waals surface area contributed by atoms with Crippen LogP contribution in [0.15, 0.2) is 12.1 Å². The molecular formula is C12H13F3O2. The first-order chi connectivity index (χ1) is 8.11. The van der Waals surface area contributed by atoms with Gasteiger partial charge in [0, 0.05) is 18.8 Å². The van der Waals surface area contributed by atoms with Crippen LogP contribution >= 0.6 is 0 Å². The summed E-state index contributed by atoms with van der Waals surface area (Å²) in [5.41, 5.74) is -0.184. The van der Waals surface area contributed by atoms with Gasteiger partial charge >= 0.3 is 0 Å². The molecule has 1 N–H and O–H groups in total. The molecule has 1 unspecified atom stereocenters. The Morgan fingerprint density at radius 1 is 1.12 bits per heavy atom. The Morgan fingerprint density at radius 2 is 1.76 bits per heavy atom. The van der Waals surface area contributed by atoms with E-state index in [9.17, 15) is 18.3 Å². The average Bonchev–Trinajstić information content (AvgIpc) is 2.36. The summed E-state index contributed by atoms with van der Waals surface area (Å²) in [6.45, 7) is 0.986. The summed E-state index contributed by atoms with van der Waals surface area (Å²) in [4.78, 5) is 0. The van der Waals surface area contributed by atoms with Gasteiger partial charge in [0.2, 0.25) is 0 Å². The van der Waals surface area contributed by atoms with Gasteiger partial charge in [0.15, 0.2) is 17.5 Å². The Labute approximate surface area is 97.0 Å². The Kier molecular flexibility index (Phi) is 3.69. The maximum atomic E-state index is 13.5. The van der Waals surface area contributed by atoms with Gasteiger partial charge in [-0.2, -0.15) is 0 Å². The number of hydrogen-bond acceptors (Lipinski definition) is 2. The van der Waals surface area contributed by atoms with Gasteiger partial charge in [0.1, 0.15) is 0 Å². The summed E-state index contributed by atoms with van der Waals surface area (Å²) in [6, 6.07) is 1.92. The Balaban J connectivity index is 2.24. The molecule has 1 aliphatic rings. The molecule has 0 aromatic heterocycles. The van der Waals surface area contributed by atoms with Gasteiger partial charge in [-0.25, -0.2) is 13.2 Å². The first-order valence-electron chi connectivity index (χ1n) is 5.50. The van der Waals surface area contributed by atoms with Crippen LogP contribution in [0.5, 0.6) is 0 Å². The highest BCUT2D eigenvalue weighted by atomic mass is 19.2. The number of aliphatic hydroxyl groups is 1. The van der Waals surface area contributed by atoms with Crippen LogP contribution in [-0.2, 0) is 4.74 Å². The summed E-state index contributed by atoms with van der Waals surface area (Å²) in [5, 5.41) is 9.96. The van der Waals surface area contributed by atoms with Gasteiger partial charge in [0.25, 0.3) is 0 Å². The molecule has 1 aromatic carbocycles. The SMILES string of the molecule is OC(c1ccc(F)c(F)c1F)C1CCOCC1. The lowest BCUT2D eigenvalue weighted by Crippen LogP contribution is -2.23. The summed E-state index contributed by atoms with van der Waals surface area (Å²) >= 11 is 0. The molecule has 0 spiro atoms. The fourth-order valence-corrected chi connectivity index (χ4v) is 2.05. The van der Waals surface area contributed by atoms with Gasteiger partial charge in [-0.1, -0.05) is 6.07 Å². The smallest absolute Gasteiger partial charge is 0.194 e. The van der Waals surface area contributed by atoms with Crippen molar-refractivity contribution in [3.05, 3.63) is 35.1 Å². The molecule has 0 amide bonds. The largest absolute Gasteiger partial charge is 0.388 e. The lowest BCUT2D eigenvalue weighted by molar-refractivity contribution is 0.00560. The molecule has 1 heterocycles. The van der Waals surface area contributed by atoms with Crippen molar-refractivity contribution in [3.63, 3.8) is 0 Å². The number of aliphatic hydroxyl groups excluding tert-OH is 1. The van der Waals surface area contributed by atoms with Crippen molar-refractivity contribution < 1.29 is 23.0 Å². The topological polar surface area (TPSA) is 29.5 Å². The van der Waals surface area contributed by atoms with Gasteiger partial charge < -0.3 is 9.84 Å². The molecule has 0 bridgehead atoms. The zero-order chi connectivity index (χ0) is 12.4. The van der Waals surface area contributed by atoms with E-state index in [-0.39, 0.29) is 11.5 Å². The molecule has 1 saturated heterocycles. The second-order valence-corrected chi connectivity index (χ2v) is 4.16. The van der Waals surface area contributed by atoms with E-state index in [1.807, 2.05) is 0 Å². The Bertz CT molecular complexity index is 403. The summed E-state index contributed by atoms with van der Waals surface area (Å²) in [7, 11) is 0. The summed E-state index contributed by atoms with van der Waals surface area (Å²) in [5.74, 6) is -4.26. The van der Waals surface area contributed by atoms with Crippen molar-refractivity contribution in [3.8, 4) is 0 Å². The van der Waals surface area contributed by atoms with E-state index in [1.165, 1.54) is 0 Å². The third kappa shape index (κ3) is 2.45. The van der Waals surface area contributed by atoms with E-state index >= 15 is 0 Å². The van der Waals surface area contributed by atoms with Crippen molar-refractivity contribution >= 4 is 0 Å². The number of ether oxygens (including phenoxy) is 1. The molecule has 5 heteroatoms. The molecular weight excluding hydrogens is 233 g/mol. The number of rotatable bonds is 2. The predicted molar refractivity (Wildman–Crippen MR) is 54.8 cm³/mol. The maximum Gasteiger partial charge on any atom is 0.194 e. The van der Waals surface area contributed by atoms with Crippen LogP contribution in [0.2, 0.25) is 0 Å². The van der Waals surface area contributed by atoms with E-state index in [0.29, 0.717) is 26.1 Å². The standard InChI is InChI=1S/C12H13F3O2/c13-9-2-1-8(10(14)11(9)15)12(16)7-3-5-17-6-4-7/h1-2,7,12,16H,3-6H2. The van der Waals surface area contributed by atoms with Crippen molar-refractivity contribution in [2.45, 2.75) is 18.9 Å². The maximum absolute atomic E-state index is 13.5. The molecule has 17 heavy (non-hydrogen) atoms. The highest BCUT2D eigenvalue weighted by Gasteiger charge is 2.27. The minimum atomic E-state index is -1.53. The highest BCUT2D eigenvalue weighted by molar-refractivity contribution is 5.23. The van der Waals surface area contributed by atoms with Crippen LogP contribution in [0.25, 0.3) is 0 Å². The van der Waals surface area contributed by atoms with Crippen LogP contribution in [0.1, 0.15) is 24.5 Å². The molecule has 1 atom stereocenters. The van der Waals surface area contributed by atoms with Crippen LogP contribution in [0.3, 0.4) is 0 Å². The monoisotopic (exact) mass is 246 g/mol. The van der Waals surface area contributed by atoms with Gasteiger partial charge in [0.05, 0.1) is 6.10 Å². The lowest BCUT2D eigenvalue weighted by Gasteiger charge is -2.27. The summed E-state index contributed by atoms with van der Waals surface area (Å²) in [6.07, 6.45) is 0.0492. The van der Waals surface area contributed by atoms with Gasteiger partial charge in [-0.15, -0.1) is 0 Å². The van der Waals surface area contributed by atoms with E-state index < -0.39 is 23.6 Å². The minimum Gasteiger partial charge on any atom is -0.388 e. The van der Waals surface area contributed by atoms with Crippen LogP contribution in [0, 0.1) is 23.4 Å². The average molecular weight is 246 g/mol. The molecule has 1 aliphatic heterocycles. The van der Waals surface area contributed by atoms with E-state index in [2.05, 4.69) is 0 Å². The fourth-order valence-electron chi connectivity index (χ4n) is 2.05. The molecule has 0 saturated carbocycles. The Hall–Kier alpha value is -1.07. The predicted octanol–water partition coefficient (Wildman–Crippen LogP) is 2.56. The van der Waals surface area contributed by atoms with Gasteiger partial charge in [-0.05, 0) is 24.8 Å². The highest BCUT2D eigenvalue weighted by Crippen LogP contribution is 2.32. The second-order valence-electron chi connectivity index (χ2n) is 4.16.